The number of nitrogens with one attached hydrogen (secondary N) is 1. The summed E-state index contributed by atoms with van der Waals surface area (Å²) in [6.45, 7) is 8.07. The van der Waals surface area contributed by atoms with E-state index in [1.807, 2.05) is 47.3 Å². The maximum absolute atomic E-state index is 13.6. The highest BCUT2D eigenvalue weighted by Gasteiger charge is 2.16. The number of methoxy groups -OCH3 is 2. The molecule has 7 nitrogen and oxygen atoms in total. The molecule has 0 amide bonds. The molecular weight excluding hydrogens is 533 g/mol. The molecule has 1 aromatic heterocycles. The van der Waals surface area contributed by atoms with E-state index in [1.165, 1.54) is 19.2 Å². The molecule has 4 aromatic rings. The molecule has 1 heterocycles. The lowest BCUT2D eigenvalue weighted by Gasteiger charge is -2.16. The van der Waals surface area contributed by atoms with Crippen LogP contribution < -0.4 is 10.1 Å². The van der Waals surface area contributed by atoms with Crippen molar-refractivity contribution in [2.24, 2.45) is 5.92 Å². The fraction of sp³-hybridized carbons (Fsp3) is 0.353. The summed E-state index contributed by atoms with van der Waals surface area (Å²) in [6.07, 6.45) is 6.09. The van der Waals surface area contributed by atoms with Gasteiger partial charge in [-0.3, -0.25) is 9.48 Å². The van der Waals surface area contributed by atoms with Crippen molar-refractivity contribution in [2.75, 3.05) is 27.4 Å². The van der Waals surface area contributed by atoms with Gasteiger partial charge >= 0.3 is 0 Å². The lowest BCUT2D eigenvalue weighted by Crippen LogP contribution is -2.17. The van der Waals surface area contributed by atoms with Crippen LogP contribution in [-0.2, 0) is 11.3 Å². The molecule has 0 saturated heterocycles. The van der Waals surface area contributed by atoms with Gasteiger partial charge in [0.1, 0.15) is 17.3 Å². The van der Waals surface area contributed by atoms with Crippen molar-refractivity contribution in [1.29, 1.82) is 0 Å². The van der Waals surface area contributed by atoms with Crippen molar-refractivity contribution < 1.29 is 23.8 Å². The van der Waals surface area contributed by atoms with E-state index in [4.69, 9.17) is 14.6 Å². The Kier molecular flexibility index (Phi) is 10.7. The van der Waals surface area contributed by atoms with Crippen LogP contribution in [0.1, 0.15) is 54.9 Å². The average Bonchev–Trinajstić information content (AvgIpc) is 3.41. The van der Waals surface area contributed by atoms with Gasteiger partial charge in [0.15, 0.2) is 5.78 Å². The lowest BCUT2D eigenvalue weighted by molar-refractivity contribution is 0.0977. The van der Waals surface area contributed by atoms with E-state index >= 15 is 0 Å². The summed E-state index contributed by atoms with van der Waals surface area (Å²) in [5.41, 5.74) is 4.31. The zero-order valence-electron chi connectivity index (χ0n) is 24.7. The van der Waals surface area contributed by atoms with Gasteiger partial charge in [-0.05, 0) is 55.0 Å². The number of ketones is 1. The van der Waals surface area contributed by atoms with Crippen molar-refractivity contribution in [3.05, 3.63) is 84.3 Å². The summed E-state index contributed by atoms with van der Waals surface area (Å²) < 4.78 is 25.9. The molecule has 2 N–H and O–H groups in total. The molecule has 8 heteroatoms. The van der Waals surface area contributed by atoms with Crippen molar-refractivity contribution in [3.8, 4) is 22.6 Å². The minimum absolute atomic E-state index is 0.101. The van der Waals surface area contributed by atoms with Gasteiger partial charge in [0.05, 0.1) is 24.6 Å². The highest BCUT2D eigenvalue weighted by Crippen LogP contribution is 2.33. The molecule has 0 bridgehead atoms. The Hall–Kier alpha value is -4.17. The summed E-state index contributed by atoms with van der Waals surface area (Å²) in [5, 5.41) is 19.5. The number of carbonyl (C=O) groups excluding carboxylic acids is 1. The fourth-order valence-corrected chi connectivity index (χ4v) is 5.30. The Balaban J connectivity index is 1.35. The lowest BCUT2D eigenvalue weighted by atomic mass is 9.94. The normalized spacial score (nSPS) is 11.9. The molecule has 0 aliphatic heterocycles. The Morgan fingerprint density at radius 3 is 2.62 bits per heavy atom. The maximum atomic E-state index is 13.6. The first-order chi connectivity index (χ1) is 20.3. The number of aromatic nitrogens is 2. The third kappa shape index (κ3) is 7.56. The summed E-state index contributed by atoms with van der Waals surface area (Å²) in [5.74, 6) is 0.722. The summed E-state index contributed by atoms with van der Waals surface area (Å²) in [4.78, 5) is 12.9. The third-order valence-corrected chi connectivity index (χ3v) is 7.52. The topological polar surface area (TPSA) is 85.6 Å². The molecule has 0 aliphatic carbocycles. The predicted octanol–water partition coefficient (Wildman–Crippen LogP) is 7.23. The second-order valence-corrected chi connectivity index (χ2v) is 10.5. The number of rotatable bonds is 16. The van der Waals surface area contributed by atoms with Crippen molar-refractivity contribution in [2.45, 2.75) is 45.6 Å². The van der Waals surface area contributed by atoms with Crippen LogP contribution >= 0.6 is 0 Å². The van der Waals surface area contributed by atoms with E-state index in [9.17, 15) is 14.3 Å². The number of hydrogen-bond acceptors (Lipinski definition) is 6. The highest BCUT2D eigenvalue weighted by atomic mass is 19.1. The van der Waals surface area contributed by atoms with Gasteiger partial charge in [0, 0.05) is 61.3 Å². The van der Waals surface area contributed by atoms with E-state index in [0.29, 0.717) is 60.0 Å². The molecule has 0 saturated carbocycles. The van der Waals surface area contributed by atoms with E-state index in [2.05, 4.69) is 18.8 Å². The van der Waals surface area contributed by atoms with E-state index in [-0.39, 0.29) is 17.3 Å². The molecule has 4 rings (SSSR count). The number of phenols is 1. The molecular formula is C34H40FN3O4. The third-order valence-electron chi connectivity index (χ3n) is 7.52. The van der Waals surface area contributed by atoms with Crippen molar-refractivity contribution >= 4 is 22.4 Å². The Morgan fingerprint density at radius 1 is 1.12 bits per heavy atom. The van der Waals surface area contributed by atoms with Crippen LogP contribution in [0.4, 0.5) is 4.39 Å². The smallest absolute Gasteiger partial charge is 0.162 e. The average molecular weight is 574 g/mol. The summed E-state index contributed by atoms with van der Waals surface area (Å²) >= 11 is 0. The zero-order chi connectivity index (χ0) is 30.1. The van der Waals surface area contributed by atoms with E-state index in [1.54, 1.807) is 13.2 Å². The number of benzene rings is 3. The van der Waals surface area contributed by atoms with Crippen LogP contribution in [0.15, 0.2) is 67.4 Å². The van der Waals surface area contributed by atoms with Gasteiger partial charge in [-0.2, -0.15) is 5.10 Å². The number of hydrogen-bond donors (Lipinski definition) is 2. The van der Waals surface area contributed by atoms with E-state index < -0.39 is 0 Å². The molecule has 3 aromatic carbocycles. The van der Waals surface area contributed by atoms with Crippen molar-refractivity contribution in [3.63, 3.8) is 0 Å². The molecule has 222 valence electrons. The number of aromatic hydroxyl groups is 1. The Labute approximate surface area is 247 Å². The van der Waals surface area contributed by atoms with Gasteiger partial charge in [-0.15, -0.1) is 0 Å². The van der Waals surface area contributed by atoms with Crippen LogP contribution in [-0.4, -0.2) is 48.0 Å². The van der Waals surface area contributed by atoms with Gasteiger partial charge < -0.3 is 19.9 Å². The molecule has 1 atom stereocenters. The number of ether oxygens (including phenoxy) is 2. The fourth-order valence-electron chi connectivity index (χ4n) is 5.30. The summed E-state index contributed by atoms with van der Waals surface area (Å²) in [6, 6.07) is 15.5. The first kappa shape index (κ1) is 30.8. The van der Waals surface area contributed by atoms with Gasteiger partial charge in [-0.25, -0.2) is 4.39 Å². The van der Waals surface area contributed by atoms with Crippen LogP contribution in [0.3, 0.4) is 0 Å². The molecule has 0 spiro atoms. The standard InChI is InChI=1S/C34H40FN3O4/c1-5-7-24(21-38-22-30-31(37-38)17-16-28(34(30)40)23(2)36-18-19-41-3)8-6-9-32(39)26-12-10-25(11-13-26)29-15-14-27(35)20-33(29)42-4/h10-17,20,22,24,36,40H,2,5-9,18-19,21H2,1,3-4H3. The number of Topliss-reactive ketones (excluding diaryl/α,β-unsaturated/α-hetero) is 1. The first-order valence-electron chi connectivity index (χ1n) is 14.4. The minimum atomic E-state index is -0.356. The Bertz CT molecular complexity index is 1510. The number of halogens is 1. The molecule has 0 fully saturated rings. The monoisotopic (exact) mass is 573 g/mol. The number of carbonyl (C=O) groups is 1. The maximum Gasteiger partial charge on any atom is 0.162 e. The largest absolute Gasteiger partial charge is 0.506 e. The first-order valence-corrected chi connectivity index (χ1v) is 14.4. The molecule has 0 aliphatic rings. The van der Waals surface area contributed by atoms with Gasteiger partial charge in [-0.1, -0.05) is 44.2 Å². The predicted molar refractivity (Wildman–Crippen MR) is 165 cm³/mol. The van der Waals surface area contributed by atoms with E-state index in [0.717, 1.165) is 42.3 Å². The number of phenolic OH excluding ortho intramolecular Hbond substituents is 1. The van der Waals surface area contributed by atoms with Crippen molar-refractivity contribution in [1.82, 2.24) is 15.1 Å². The molecule has 1 unspecified atom stereocenters. The quantitative estimate of drug-likeness (QED) is 0.109. The van der Waals surface area contributed by atoms with Gasteiger partial charge in [0.25, 0.3) is 0 Å². The highest BCUT2D eigenvalue weighted by molar-refractivity contribution is 5.96. The number of fused-ring (bicyclic) bond motifs is 1. The molecule has 0 radical (unpaired) electrons. The second-order valence-electron chi connectivity index (χ2n) is 10.5. The Morgan fingerprint density at radius 2 is 1.90 bits per heavy atom. The van der Waals surface area contributed by atoms with Crippen LogP contribution in [0.5, 0.6) is 11.5 Å². The summed E-state index contributed by atoms with van der Waals surface area (Å²) in [7, 11) is 3.15. The van der Waals surface area contributed by atoms with Crippen LogP contribution in [0.2, 0.25) is 0 Å². The number of nitrogens with zero attached hydrogens (tertiary/aromatic N) is 2. The SMILES string of the molecule is C=C(NCCOC)c1ccc2nn(CC(CCC)CCCC(=O)c3ccc(-c4ccc(F)cc4OC)cc3)cc2c1O. The van der Waals surface area contributed by atoms with Crippen LogP contribution in [0, 0.1) is 11.7 Å². The van der Waals surface area contributed by atoms with Gasteiger partial charge in [0.2, 0.25) is 0 Å². The van der Waals surface area contributed by atoms with Crippen LogP contribution in [0.25, 0.3) is 27.7 Å². The second kappa shape index (κ2) is 14.6. The molecule has 42 heavy (non-hydrogen) atoms. The minimum Gasteiger partial charge on any atom is -0.506 e. The zero-order valence-corrected chi connectivity index (χ0v) is 24.7.